The molecule has 0 aromatic heterocycles. The molecule has 0 saturated heterocycles. The van der Waals surface area contributed by atoms with Crippen molar-refractivity contribution < 1.29 is 0 Å². The van der Waals surface area contributed by atoms with E-state index in [9.17, 15) is 0 Å². The lowest BCUT2D eigenvalue weighted by Crippen LogP contribution is -2.45. The molecule has 3 aromatic rings. The van der Waals surface area contributed by atoms with E-state index in [4.69, 9.17) is 0 Å². The molecule has 1 unspecified atom stereocenters. The number of benzene rings is 3. The molecule has 31 heavy (non-hydrogen) atoms. The van der Waals surface area contributed by atoms with Crippen LogP contribution >= 0.6 is 0 Å². The van der Waals surface area contributed by atoms with Gasteiger partial charge in [-0.05, 0) is 28.7 Å². The van der Waals surface area contributed by atoms with E-state index in [1.807, 2.05) is 0 Å². The van der Waals surface area contributed by atoms with Gasteiger partial charge in [-0.2, -0.15) is 0 Å². The van der Waals surface area contributed by atoms with Gasteiger partial charge in [-0.15, -0.1) is 0 Å². The van der Waals surface area contributed by atoms with Crippen LogP contribution in [0.5, 0.6) is 0 Å². The highest BCUT2D eigenvalue weighted by Crippen LogP contribution is 2.53. The van der Waals surface area contributed by atoms with Crippen LogP contribution in [0.25, 0.3) is 0 Å². The van der Waals surface area contributed by atoms with Crippen LogP contribution in [0, 0.1) is 0 Å². The predicted molar refractivity (Wildman–Crippen MR) is 128 cm³/mol. The van der Waals surface area contributed by atoms with E-state index in [0.29, 0.717) is 0 Å². The van der Waals surface area contributed by atoms with Gasteiger partial charge in [0.05, 0.1) is 18.1 Å². The summed E-state index contributed by atoms with van der Waals surface area (Å²) in [7, 11) is 2.14. The topological polar surface area (TPSA) is 6.48 Å². The Balaban J connectivity index is 1.84. The van der Waals surface area contributed by atoms with Crippen molar-refractivity contribution in [3.63, 3.8) is 0 Å². The molecule has 0 spiro atoms. The molecule has 1 aliphatic carbocycles. The molecular weight excluding hydrogens is 376 g/mol. The number of hydrogen-bond donors (Lipinski definition) is 0. The SMILES string of the molecule is CN1C=CN(C(c2ccccc2)C(C2=CC=CC2)(c2ccccc2)c2ccccc2)C1. The quantitative estimate of drug-likeness (QED) is 0.477. The van der Waals surface area contributed by atoms with Crippen molar-refractivity contribution in [2.75, 3.05) is 13.7 Å². The average Bonchev–Trinajstić information content (AvgIpc) is 3.51. The van der Waals surface area contributed by atoms with Crippen LogP contribution in [0.1, 0.15) is 29.2 Å². The summed E-state index contributed by atoms with van der Waals surface area (Å²) in [5, 5.41) is 0. The van der Waals surface area contributed by atoms with Crippen molar-refractivity contribution in [3.05, 3.63) is 144 Å². The third-order valence-corrected chi connectivity index (χ3v) is 6.49. The molecule has 2 nitrogen and oxygen atoms in total. The van der Waals surface area contributed by atoms with Gasteiger partial charge in [0, 0.05) is 19.4 Å². The third kappa shape index (κ3) is 3.38. The second-order valence-electron chi connectivity index (χ2n) is 8.39. The molecule has 1 heterocycles. The molecule has 0 bridgehead atoms. The van der Waals surface area contributed by atoms with Gasteiger partial charge in [0.1, 0.15) is 0 Å². The van der Waals surface area contributed by atoms with E-state index in [0.717, 1.165) is 13.1 Å². The minimum absolute atomic E-state index is 0.117. The molecule has 0 amide bonds. The lowest BCUT2D eigenvalue weighted by atomic mass is 9.62. The Morgan fingerprint density at radius 1 is 0.742 bits per heavy atom. The van der Waals surface area contributed by atoms with Crippen molar-refractivity contribution in [2.45, 2.75) is 17.9 Å². The summed E-state index contributed by atoms with van der Waals surface area (Å²) in [5.74, 6) is 0. The van der Waals surface area contributed by atoms with Gasteiger partial charge in [0.15, 0.2) is 0 Å². The molecule has 2 heteroatoms. The maximum atomic E-state index is 2.49. The van der Waals surface area contributed by atoms with E-state index >= 15 is 0 Å². The normalized spacial score (nSPS) is 16.6. The molecule has 5 rings (SSSR count). The second-order valence-corrected chi connectivity index (χ2v) is 8.39. The summed E-state index contributed by atoms with van der Waals surface area (Å²) < 4.78 is 0. The average molecular weight is 405 g/mol. The fraction of sp³-hybridized carbons (Fsp3) is 0.172. The fourth-order valence-electron chi connectivity index (χ4n) is 5.22. The maximum absolute atomic E-state index is 2.49. The molecule has 0 N–H and O–H groups in total. The Hall–Kier alpha value is -3.52. The molecule has 0 radical (unpaired) electrons. The first-order valence-corrected chi connectivity index (χ1v) is 11.0. The number of allylic oxidation sites excluding steroid dienone is 3. The van der Waals surface area contributed by atoms with Gasteiger partial charge in [-0.3, -0.25) is 0 Å². The summed E-state index contributed by atoms with van der Waals surface area (Å²) in [5.41, 5.74) is 5.09. The molecular formula is C29H28N2. The van der Waals surface area contributed by atoms with Crippen LogP contribution in [-0.4, -0.2) is 23.5 Å². The Labute approximate surface area is 185 Å². The zero-order chi connectivity index (χ0) is 21.1. The fourth-order valence-corrected chi connectivity index (χ4v) is 5.22. The first-order valence-electron chi connectivity index (χ1n) is 11.0. The maximum Gasteiger partial charge on any atom is 0.0897 e. The van der Waals surface area contributed by atoms with Crippen molar-refractivity contribution in [1.82, 2.24) is 9.80 Å². The van der Waals surface area contributed by atoms with Crippen molar-refractivity contribution >= 4 is 0 Å². The summed E-state index contributed by atoms with van der Waals surface area (Å²) in [6, 6.07) is 33.2. The van der Waals surface area contributed by atoms with Gasteiger partial charge in [0.25, 0.3) is 0 Å². The molecule has 1 atom stereocenters. The largest absolute Gasteiger partial charge is 0.362 e. The molecule has 0 saturated carbocycles. The predicted octanol–water partition coefficient (Wildman–Crippen LogP) is 6.28. The molecule has 0 fully saturated rings. The highest BCUT2D eigenvalue weighted by molar-refractivity contribution is 5.55. The number of nitrogens with zero attached hydrogens (tertiary/aromatic N) is 2. The van der Waals surface area contributed by atoms with E-state index in [2.05, 4.69) is 138 Å². The van der Waals surface area contributed by atoms with E-state index in [-0.39, 0.29) is 11.5 Å². The molecule has 2 aliphatic rings. The van der Waals surface area contributed by atoms with E-state index in [1.165, 1.54) is 22.3 Å². The molecule has 1 aliphatic heterocycles. The zero-order valence-electron chi connectivity index (χ0n) is 17.9. The van der Waals surface area contributed by atoms with Gasteiger partial charge < -0.3 is 9.80 Å². The van der Waals surface area contributed by atoms with Gasteiger partial charge in [-0.1, -0.05) is 109 Å². The standard InChI is InChI=1S/C29H28N2/c1-30-21-22-31(23-30)28(24-13-5-2-6-14-24)29(27-19-11-12-20-27,25-15-7-3-8-16-25)26-17-9-4-10-18-26/h2-19,21-22,28H,20,23H2,1H3. The molecule has 3 aromatic carbocycles. The Bertz CT molecular complexity index is 1060. The van der Waals surface area contributed by atoms with E-state index < -0.39 is 0 Å². The van der Waals surface area contributed by atoms with Crippen molar-refractivity contribution in [3.8, 4) is 0 Å². The first-order chi connectivity index (χ1) is 15.3. The summed E-state index contributed by atoms with van der Waals surface area (Å²) in [4.78, 5) is 4.74. The van der Waals surface area contributed by atoms with Crippen LogP contribution in [0.4, 0.5) is 0 Å². The van der Waals surface area contributed by atoms with E-state index in [1.54, 1.807) is 0 Å². The summed E-state index contributed by atoms with van der Waals surface area (Å²) in [6.07, 6.45) is 12.2. The number of rotatable bonds is 6. The minimum Gasteiger partial charge on any atom is -0.362 e. The van der Waals surface area contributed by atoms with Crippen LogP contribution in [-0.2, 0) is 5.41 Å². The van der Waals surface area contributed by atoms with Crippen molar-refractivity contribution in [2.24, 2.45) is 0 Å². The Kier molecular flexibility index (Phi) is 5.21. The van der Waals surface area contributed by atoms with Crippen LogP contribution in [0.3, 0.4) is 0 Å². The lowest BCUT2D eigenvalue weighted by molar-refractivity contribution is 0.183. The van der Waals surface area contributed by atoms with Gasteiger partial charge in [0.2, 0.25) is 0 Å². The van der Waals surface area contributed by atoms with Crippen LogP contribution in [0.15, 0.2) is 127 Å². The third-order valence-electron chi connectivity index (χ3n) is 6.49. The van der Waals surface area contributed by atoms with Crippen LogP contribution in [0.2, 0.25) is 0 Å². The summed E-state index contributed by atoms with van der Waals surface area (Å²) >= 11 is 0. The van der Waals surface area contributed by atoms with Crippen LogP contribution < -0.4 is 0 Å². The Morgan fingerprint density at radius 3 is 1.81 bits per heavy atom. The highest BCUT2D eigenvalue weighted by Gasteiger charge is 2.48. The Morgan fingerprint density at radius 2 is 1.32 bits per heavy atom. The number of hydrogen-bond acceptors (Lipinski definition) is 2. The van der Waals surface area contributed by atoms with Crippen molar-refractivity contribution in [1.29, 1.82) is 0 Å². The van der Waals surface area contributed by atoms with Gasteiger partial charge in [-0.25, -0.2) is 0 Å². The minimum atomic E-state index is -0.317. The monoisotopic (exact) mass is 404 g/mol. The smallest absolute Gasteiger partial charge is 0.0897 e. The first kappa shape index (κ1) is 19.4. The lowest BCUT2D eigenvalue weighted by Gasteiger charge is -2.48. The zero-order valence-corrected chi connectivity index (χ0v) is 17.9. The highest BCUT2D eigenvalue weighted by atomic mass is 15.3. The van der Waals surface area contributed by atoms with Gasteiger partial charge >= 0.3 is 0 Å². The molecule has 154 valence electrons. The second kappa shape index (κ2) is 8.31. The summed E-state index contributed by atoms with van der Waals surface area (Å²) in [6.45, 7) is 0.863.